The molecule has 224 valence electrons. The molecule has 3 aliphatic rings. The van der Waals surface area contributed by atoms with E-state index in [0.29, 0.717) is 41.9 Å². The quantitative estimate of drug-likeness (QED) is 0.259. The van der Waals surface area contributed by atoms with Crippen molar-refractivity contribution in [3.8, 4) is 17.2 Å². The molecule has 2 fully saturated rings. The van der Waals surface area contributed by atoms with Gasteiger partial charge < -0.3 is 28.6 Å². The summed E-state index contributed by atoms with van der Waals surface area (Å²) in [5.74, 6) is 2.38. The minimum Gasteiger partial charge on any atom is -0.494 e. The fraction of sp³-hybridized carbons (Fsp3) is 0.394. The second-order valence-corrected chi connectivity index (χ2v) is 11.9. The summed E-state index contributed by atoms with van der Waals surface area (Å²) in [6, 6.07) is 17.1. The van der Waals surface area contributed by atoms with Crippen LogP contribution in [0, 0.1) is 0 Å². The van der Waals surface area contributed by atoms with Gasteiger partial charge in [0.05, 0.1) is 37.4 Å². The van der Waals surface area contributed by atoms with Crippen LogP contribution < -0.4 is 14.2 Å². The number of likely N-dealkylation sites (tertiary alicyclic amines) is 1. The van der Waals surface area contributed by atoms with Gasteiger partial charge in [-0.2, -0.15) is 0 Å². The maximum absolute atomic E-state index is 11.8. The molecule has 10 heteroatoms. The Kier molecular flexibility index (Phi) is 7.63. The molecule has 0 saturated carbocycles. The van der Waals surface area contributed by atoms with Crippen molar-refractivity contribution in [1.82, 2.24) is 14.5 Å². The van der Waals surface area contributed by atoms with Gasteiger partial charge in [-0.05, 0) is 74.2 Å². The van der Waals surface area contributed by atoms with E-state index in [-0.39, 0.29) is 17.8 Å². The number of carbonyl (C=O) groups is 1. The van der Waals surface area contributed by atoms with Crippen molar-refractivity contribution in [2.45, 2.75) is 50.5 Å². The Morgan fingerprint density at radius 2 is 1.91 bits per heavy atom. The van der Waals surface area contributed by atoms with Crippen LogP contribution in [-0.2, 0) is 17.8 Å². The van der Waals surface area contributed by atoms with Crippen molar-refractivity contribution in [2.75, 3.05) is 33.4 Å². The SMILES string of the molecule is COc1cc(C(=O)O)cc2c1nc(CN1CCC(c3cccc4c3OC[C@@H](c3ccc(Cl)cc3)O4)CC1)n2C[C@@H]1CCO1. The number of aromatic carboxylic acids is 1. The van der Waals surface area contributed by atoms with Gasteiger partial charge in [-0.15, -0.1) is 0 Å². The van der Waals surface area contributed by atoms with E-state index in [4.69, 9.17) is 35.5 Å². The van der Waals surface area contributed by atoms with Gasteiger partial charge in [-0.1, -0.05) is 35.9 Å². The highest BCUT2D eigenvalue weighted by atomic mass is 35.5. The number of piperidine rings is 1. The number of rotatable bonds is 8. The molecule has 0 bridgehead atoms. The predicted octanol–water partition coefficient (Wildman–Crippen LogP) is 6.08. The number of methoxy groups -OCH3 is 1. The first-order valence-corrected chi connectivity index (χ1v) is 15.2. The lowest BCUT2D eigenvalue weighted by molar-refractivity contribution is -0.0592. The van der Waals surface area contributed by atoms with Crippen molar-refractivity contribution in [1.29, 1.82) is 0 Å². The highest BCUT2D eigenvalue weighted by Crippen LogP contribution is 2.44. The van der Waals surface area contributed by atoms with Crippen LogP contribution in [0.15, 0.2) is 54.6 Å². The second kappa shape index (κ2) is 11.7. The fourth-order valence-corrected chi connectivity index (χ4v) is 6.49. The molecule has 4 heterocycles. The molecule has 0 spiro atoms. The highest BCUT2D eigenvalue weighted by Gasteiger charge is 2.31. The molecule has 3 aromatic carbocycles. The lowest BCUT2D eigenvalue weighted by Gasteiger charge is -2.35. The van der Waals surface area contributed by atoms with Crippen LogP contribution in [0.1, 0.15) is 58.6 Å². The highest BCUT2D eigenvalue weighted by molar-refractivity contribution is 6.30. The Morgan fingerprint density at radius 1 is 1.12 bits per heavy atom. The van der Waals surface area contributed by atoms with Gasteiger partial charge in [0.15, 0.2) is 17.6 Å². The third-order valence-corrected chi connectivity index (χ3v) is 9.09. The number of aromatic nitrogens is 2. The minimum absolute atomic E-state index is 0.104. The van der Waals surface area contributed by atoms with E-state index in [1.54, 1.807) is 19.2 Å². The van der Waals surface area contributed by atoms with Crippen molar-refractivity contribution in [3.05, 3.63) is 82.1 Å². The Balaban J connectivity index is 1.07. The molecular weight excluding hydrogens is 570 g/mol. The summed E-state index contributed by atoms with van der Waals surface area (Å²) >= 11 is 6.07. The molecule has 2 atom stereocenters. The van der Waals surface area contributed by atoms with Crippen LogP contribution in [0.25, 0.3) is 11.0 Å². The average Bonchev–Trinajstić information content (AvgIpc) is 3.35. The Labute approximate surface area is 254 Å². The molecule has 1 N–H and O–H groups in total. The first kappa shape index (κ1) is 28.0. The Bertz CT molecular complexity index is 1640. The maximum atomic E-state index is 11.8. The lowest BCUT2D eigenvalue weighted by atomic mass is 9.88. The third kappa shape index (κ3) is 5.53. The normalized spacial score (nSPS) is 20.6. The fourth-order valence-electron chi connectivity index (χ4n) is 6.37. The summed E-state index contributed by atoms with van der Waals surface area (Å²) in [7, 11) is 1.55. The predicted molar refractivity (Wildman–Crippen MR) is 162 cm³/mol. The molecular formula is C33H34ClN3O6. The van der Waals surface area contributed by atoms with Crippen LogP contribution in [0.2, 0.25) is 5.02 Å². The molecule has 2 saturated heterocycles. The van der Waals surface area contributed by atoms with Gasteiger partial charge in [-0.3, -0.25) is 4.90 Å². The average molecular weight is 604 g/mol. The molecule has 0 unspecified atom stereocenters. The van der Waals surface area contributed by atoms with E-state index in [2.05, 4.69) is 21.6 Å². The van der Waals surface area contributed by atoms with E-state index in [0.717, 1.165) is 67.4 Å². The molecule has 9 nitrogen and oxygen atoms in total. The van der Waals surface area contributed by atoms with Gasteiger partial charge in [0.25, 0.3) is 0 Å². The lowest BCUT2D eigenvalue weighted by Crippen LogP contribution is -2.35. The van der Waals surface area contributed by atoms with Gasteiger partial charge in [0.2, 0.25) is 0 Å². The van der Waals surface area contributed by atoms with Crippen molar-refractivity contribution in [2.24, 2.45) is 0 Å². The van der Waals surface area contributed by atoms with Crippen LogP contribution in [0.5, 0.6) is 17.2 Å². The van der Waals surface area contributed by atoms with E-state index in [1.165, 1.54) is 5.56 Å². The number of carboxylic acids is 1. The van der Waals surface area contributed by atoms with E-state index < -0.39 is 5.97 Å². The number of ether oxygens (including phenoxy) is 4. The molecule has 0 amide bonds. The number of benzene rings is 3. The molecule has 3 aliphatic heterocycles. The number of halogens is 1. The van der Waals surface area contributed by atoms with E-state index >= 15 is 0 Å². The van der Waals surface area contributed by atoms with Crippen LogP contribution in [0.4, 0.5) is 0 Å². The molecule has 1 aromatic heterocycles. The molecule has 0 radical (unpaired) electrons. The smallest absolute Gasteiger partial charge is 0.335 e. The van der Waals surface area contributed by atoms with Crippen LogP contribution in [0.3, 0.4) is 0 Å². The summed E-state index contributed by atoms with van der Waals surface area (Å²) in [6.07, 6.45) is 2.88. The summed E-state index contributed by atoms with van der Waals surface area (Å²) in [5.41, 5.74) is 3.88. The molecule has 4 aromatic rings. The van der Waals surface area contributed by atoms with E-state index in [1.807, 2.05) is 30.3 Å². The number of para-hydroxylation sites is 1. The van der Waals surface area contributed by atoms with Gasteiger partial charge >= 0.3 is 5.97 Å². The zero-order valence-corrected chi connectivity index (χ0v) is 24.8. The first-order valence-electron chi connectivity index (χ1n) is 14.8. The number of imidazole rings is 1. The maximum Gasteiger partial charge on any atom is 0.335 e. The largest absolute Gasteiger partial charge is 0.494 e. The van der Waals surface area contributed by atoms with Gasteiger partial charge in [-0.25, -0.2) is 9.78 Å². The summed E-state index contributed by atoms with van der Waals surface area (Å²) < 4.78 is 26.1. The summed E-state index contributed by atoms with van der Waals surface area (Å²) in [4.78, 5) is 19.2. The van der Waals surface area contributed by atoms with Crippen molar-refractivity contribution >= 4 is 28.6 Å². The number of carboxylic acid groups (broad SMARTS) is 1. The van der Waals surface area contributed by atoms with Gasteiger partial charge in [0.1, 0.15) is 23.7 Å². The first-order chi connectivity index (χ1) is 21.0. The zero-order valence-electron chi connectivity index (χ0n) is 24.0. The standard InChI is InChI=1S/C33H34ClN3O6/c1-40-28-16-22(33(38)39)15-26-31(28)35-30(37(26)17-24-11-14-41-24)18-36-12-9-20(10-13-36)25-3-2-4-27-32(25)42-19-29(43-27)21-5-7-23(34)8-6-21/h2-8,15-16,20,24,29H,9-14,17-19H2,1H3,(H,38,39)/t24-,29-/m0/s1. The molecule has 0 aliphatic carbocycles. The topological polar surface area (TPSA) is 95.3 Å². The monoisotopic (exact) mass is 603 g/mol. The van der Waals surface area contributed by atoms with E-state index in [9.17, 15) is 9.90 Å². The summed E-state index contributed by atoms with van der Waals surface area (Å²) in [6.45, 7) is 4.32. The van der Waals surface area contributed by atoms with Crippen LogP contribution in [-0.4, -0.2) is 65.0 Å². The Hall–Kier alpha value is -3.79. The molecule has 43 heavy (non-hydrogen) atoms. The number of fused-ring (bicyclic) bond motifs is 2. The number of hydrogen-bond donors (Lipinski definition) is 1. The second-order valence-electron chi connectivity index (χ2n) is 11.5. The Morgan fingerprint density at radius 3 is 2.60 bits per heavy atom. The number of nitrogens with zero attached hydrogens (tertiary/aromatic N) is 3. The number of hydrogen-bond acceptors (Lipinski definition) is 7. The van der Waals surface area contributed by atoms with Gasteiger partial charge in [0, 0.05) is 17.2 Å². The van der Waals surface area contributed by atoms with Crippen LogP contribution >= 0.6 is 11.6 Å². The van der Waals surface area contributed by atoms with Crippen molar-refractivity contribution < 1.29 is 28.8 Å². The van der Waals surface area contributed by atoms with Crippen molar-refractivity contribution in [3.63, 3.8) is 0 Å². The third-order valence-electron chi connectivity index (χ3n) is 8.84. The molecule has 7 rings (SSSR count). The minimum atomic E-state index is -0.991. The zero-order chi connectivity index (χ0) is 29.5. The summed E-state index contributed by atoms with van der Waals surface area (Å²) in [5, 5.41) is 10.4.